The first-order valence-electron chi connectivity index (χ1n) is 11.2. The van der Waals surface area contributed by atoms with Crippen molar-refractivity contribution in [2.45, 2.75) is 84.2 Å². The Labute approximate surface area is 189 Å². The lowest BCUT2D eigenvalue weighted by Gasteiger charge is -2.37. The van der Waals surface area contributed by atoms with Crippen LogP contribution in [0.4, 0.5) is 0 Å². The average Bonchev–Trinajstić information content (AvgIpc) is 2.87. The number of carbonyl (C=O) groups excluding carboxylic acids is 1. The molecule has 2 atom stereocenters. The van der Waals surface area contributed by atoms with E-state index in [0.29, 0.717) is 18.0 Å². The third-order valence-corrected chi connectivity index (χ3v) is 5.85. The number of rotatable bonds is 8. The molecule has 0 aromatic heterocycles. The zero-order valence-electron chi connectivity index (χ0n) is 18.2. The van der Waals surface area contributed by atoms with Crippen molar-refractivity contribution in [1.82, 2.24) is 20.4 Å². The standard InChI is InChI=1S/C21H41N5O.HI/c1-4-22-21(24-17-19(3)26-16-9-7-11-18(26)2)23-13-10-15-25-14-8-5-6-12-20(25)27;/h18-19H,4-17H2,1-3H3,(H2,22,23,24);1H. The van der Waals surface area contributed by atoms with Crippen LogP contribution >= 0.6 is 24.0 Å². The van der Waals surface area contributed by atoms with Gasteiger partial charge in [0.15, 0.2) is 5.96 Å². The van der Waals surface area contributed by atoms with Gasteiger partial charge in [-0.25, -0.2) is 0 Å². The quantitative estimate of drug-likeness (QED) is 0.229. The Kier molecular flexibility index (Phi) is 13.1. The number of nitrogens with one attached hydrogen (secondary N) is 2. The van der Waals surface area contributed by atoms with Crippen LogP contribution in [0.1, 0.15) is 72.1 Å². The van der Waals surface area contributed by atoms with E-state index in [9.17, 15) is 4.79 Å². The van der Waals surface area contributed by atoms with Crippen molar-refractivity contribution >= 4 is 35.8 Å². The second kappa shape index (κ2) is 14.4. The molecule has 2 fully saturated rings. The number of hydrogen-bond acceptors (Lipinski definition) is 3. The van der Waals surface area contributed by atoms with Crippen LogP contribution < -0.4 is 10.6 Å². The summed E-state index contributed by atoms with van der Waals surface area (Å²) in [5.74, 6) is 1.23. The van der Waals surface area contributed by atoms with Gasteiger partial charge in [0.05, 0.1) is 6.54 Å². The number of hydrogen-bond donors (Lipinski definition) is 2. The lowest BCUT2D eigenvalue weighted by atomic mass is 10.0. The summed E-state index contributed by atoms with van der Waals surface area (Å²) in [5.41, 5.74) is 0. The monoisotopic (exact) mass is 507 g/mol. The number of amides is 1. The number of carbonyl (C=O) groups is 1. The molecular formula is C21H42IN5O. The Balaban J connectivity index is 0.00000392. The van der Waals surface area contributed by atoms with Crippen molar-refractivity contribution in [2.75, 3.05) is 39.3 Å². The molecule has 2 N–H and O–H groups in total. The normalized spacial score (nSPS) is 23.0. The molecule has 0 spiro atoms. The Morgan fingerprint density at radius 3 is 2.71 bits per heavy atom. The van der Waals surface area contributed by atoms with E-state index in [-0.39, 0.29) is 24.0 Å². The molecule has 2 aliphatic heterocycles. The highest BCUT2D eigenvalue weighted by Gasteiger charge is 2.22. The van der Waals surface area contributed by atoms with Crippen LogP contribution in [0.5, 0.6) is 0 Å². The van der Waals surface area contributed by atoms with E-state index in [1.54, 1.807) is 0 Å². The Hall–Kier alpha value is -0.570. The molecule has 6 nitrogen and oxygen atoms in total. The molecule has 2 unspecified atom stereocenters. The molecule has 0 radical (unpaired) electrons. The van der Waals surface area contributed by atoms with E-state index in [4.69, 9.17) is 4.99 Å². The summed E-state index contributed by atoms with van der Waals surface area (Å²) in [6.45, 7) is 12.3. The molecule has 2 rings (SSSR count). The van der Waals surface area contributed by atoms with Crippen LogP contribution in [0.25, 0.3) is 0 Å². The van der Waals surface area contributed by atoms with Crippen LogP contribution in [0.2, 0.25) is 0 Å². The van der Waals surface area contributed by atoms with Crippen LogP contribution in [-0.4, -0.2) is 73.0 Å². The fourth-order valence-electron chi connectivity index (χ4n) is 4.20. The summed E-state index contributed by atoms with van der Waals surface area (Å²) in [4.78, 5) is 21.5. The molecule has 2 saturated heterocycles. The highest BCUT2D eigenvalue weighted by Crippen LogP contribution is 2.19. The van der Waals surface area contributed by atoms with Gasteiger partial charge in [-0.15, -0.1) is 24.0 Å². The van der Waals surface area contributed by atoms with Crippen LogP contribution in [0, 0.1) is 0 Å². The third-order valence-electron chi connectivity index (χ3n) is 5.85. The largest absolute Gasteiger partial charge is 0.357 e. The first-order chi connectivity index (χ1) is 13.1. The highest BCUT2D eigenvalue weighted by molar-refractivity contribution is 14.0. The molecule has 1 amide bonds. The molecule has 28 heavy (non-hydrogen) atoms. The van der Waals surface area contributed by atoms with Gasteiger partial charge in [-0.3, -0.25) is 14.7 Å². The molecule has 164 valence electrons. The van der Waals surface area contributed by atoms with Gasteiger partial charge in [-0.05, 0) is 59.4 Å². The minimum atomic E-state index is 0. The number of guanidine groups is 1. The van der Waals surface area contributed by atoms with E-state index >= 15 is 0 Å². The minimum absolute atomic E-state index is 0. The second-order valence-corrected chi connectivity index (χ2v) is 8.12. The van der Waals surface area contributed by atoms with Gasteiger partial charge in [-0.1, -0.05) is 12.8 Å². The van der Waals surface area contributed by atoms with Gasteiger partial charge in [0, 0.05) is 44.7 Å². The Morgan fingerprint density at radius 2 is 1.96 bits per heavy atom. The van der Waals surface area contributed by atoms with Crippen molar-refractivity contribution in [3.63, 3.8) is 0 Å². The molecule has 2 aliphatic rings. The molecule has 0 aromatic carbocycles. The maximum Gasteiger partial charge on any atom is 0.222 e. The summed E-state index contributed by atoms with van der Waals surface area (Å²) in [7, 11) is 0. The van der Waals surface area contributed by atoms with Crippen LogP contribution in [0.15, 0.2) is 4.99 Å². The highest BCUT2D eigenvalue weighted by atomic mass is 127. The number of aliphatic imine (C=N–C) groups is 1. The maximum absolute atomic E-state index is 12.1. The molecular weight excluding hydrogens is 465 g/mol. The van der Waals surface area contributed by atoms with E-state index in [1.807, 2.05) is 4.90 Å². The van der Waals surface area contributed by atoms with Gasteiger partial charge in [0.2, 0.25) is 5.91 Å². The lowest BCUT2D eigenvalue weighted by Crippen LogP contribution is -2.46. The predicted octanol–water partition coefficient (Wildman–Crippen LogP) is 3.22. The molecule has 7 heteroatoms. The van der Waals surface area contributed by atoms with Gasteiger partial charge < -0.3 is 15.5 Å². The zero-order valence-corrected chi connectivity index (χ0v) is 20.5. The summed E-state index contributed by atoms with van der Waals surface area (Å²) in [5, 5.41) is 6.79. The van der Waals surface area contributed by atoms with E-state index in [0.717, 1.165) is 64.4 Å². The van der Waals surface area contributed by atoms with Crippen molar-refractivity contribution in [2.24, 2.45) is 4.99 Å². The van der Waals surface area contributed by atoms with Crippen molar-refractivity contribution < 1.29 is 4.79 Å². The number of nitrogens with zero attached hydrogens (tertiary/aromatic N) is 3. The Morgan fingerprint density at radius 1 is 1.18 bits per heavy atom. The fraction of sp³-hybridized carbons (Fsp3) is 0.905. The SMILES string of the molecule is CCNC(=NCC(C)N1CCCCC1C)NCCCN1CCCCCC1=O.I. The first kappa shape index (κ1) is 25.5. The molecule has 0 aliphatic carbocycles. The van der Waals surface area contributed by atoms with Crippen molar-refractivity contribution in [3.8, 4) is 0 Å². The predicted molar refractivity (Wildman–Crippen MR) is 129 cm³/mol. The number of halogens is 1. The fourth-order valence-corrected chi connectivity index (χ4v) is 4.20. The molecule has 0 saturated carbocycles. The second-order valence-electron chi connectivity index (χ2n) is 8.12. The topological polar surface area (TPSA) is 60.0 Å². The minimum Gasteiger partial charge on any atom is -0.357 e. The van der Waals surface area contributed by atoms with Crippen LogP contribution in [-0.2, 0) is 4.79 Å². The summed E-state index contributed by atoms with van der Waals surface area (Å²) in [6.07, 6.45) is 9.06. The summed E-state index contributed by atoms with van der Waals surface area (Å²) >= 11 is 0. The van der Waals surface area contributed by atoms with Gasteiger partial charge in [-0.2, -0.15) is 0 Å². The van der Waals surface area contributed by atoms with E-state index in [2.05, 4.69) is 36.3 Å². The average molecular weight is 508 g/mol. The van der Waals surface area contributed by atoms with E-state index in [1.165, 1.54) is 32.2 Å². The molecule has 0 aromatic rings. The summed E-state index contributed by atoms with van der Waals surface area (Å²) in [6, 6.07) is 1.15. The molecule has 0 bridgehead atoms. The smallest absolute Gasteiger partial charge is 0.222 e. The van der Waals surface area contributed by atoms with Gasteiger partial charge in [0.1, 0.15) is 0 Å². The van der Waals surface area contributed by atoms with Crippen molar-refractivity contribution in [3.05, 3.63) is 0 Å². The Bertz CT molecular complexity index is 474. The number of likely N-dealkylation sites (tertiary alicyclic amines) is 2. The number of piperidine rings is 1. The van der Waals surface area contributed by atoms with E-state index < -0.39 is 0 Å². The zero-order chi connectivity index (χ0) is 19.5. The maximum atomic E-state index is 12.1. The van der Waals surface area contributed by atoms with Crippen LogP contribution in [0.3, 0.4) is 0 Å². The lowest BCUT2D eigenvalue weighted by molar-refractivity contribution is -0.130. The van der Waals surface area contributed by atoms with Gasteiger partial charge >= 0.3 is 0 Å². The third kappa shape index (κ3) is 8.84. The molecule has 2 heterocycles. The van der Waals surface area contributed by atoms with Gasteiger partial charge in [0.25, 0.3) is 0 Å². The van der Waals surface area contributed by atoms with Crippen molar-refractivity contribution in [1.29, 1.82) is 0 Å². The summed E-state index contributed by atoms with van der Waals surface area (Å²) < 4.78 is 0. The first-order valence-corrected chi connectivity index (χ1v) is 11.2.